The molecule has 0 atom stereocenters. The molecule has 0 aliphatic carbocycles. The molecule has 2 aromatic carbocycles. The van der Waals surface area contributed by atoms with Crippen molar-refractivity contribution in [1.82, 2.24) is 0 Å². The second-order valence-electron chi connectivity index (χ2n) is 6.11. The first-order valence-electron chi connectivity index (χ1n) is 8.92. The first-order valence-corrected chi connectivity index (χ1v) is 10.6. The number of nitrogens with one attached hydrogen (secondary N) is 2. The summed E-state index contributed by atoms with van der Waals surface area (Å²) in [7, 11) is 0. The van der Waals surface area contributed by atoms with Crippen LogP contribution >= 0.6 is 34.5 Å². The highest BCUT2D eigenvalue weighted by Gasteiger charge is 2.23. The Morgan fingerprint density at radius 1 is 1.13 bits per heavy atom. The summed E-state index contributed by atoms with van der Waals surface area (Å²) in [5.74, 6) is -1.33. The quantitative estimate of drug-likeness (QED) is 0.413. The van der Waals surface area contributed by atoms with Gasteiger partial charge in [-0.05, 0) is 42.8 Å². The third-order valence-corrected chi connectivity index (χ3v) is 5.49. The van der Waals surface area contributed by atoms with Crippen LogP contribution in [0.25, 0.3) is 11.1 Å². The molecule has 9 heteroatoms. The van der Waals surface area contributed by atoms with Crippen molar-refractivity contribution >= 4 is 57.1 Å². The highest BCUT2D eigenvalue weighted by atomic mass is 35.5. The first kappa shape index (κ1) is 22.1. The predicted molar refractivity (Wildman–Crippen MR) is 119 cm³/mol. The van der Waals surface area contributed by atoms with Crippen LogP contribution in [0.4, 0.5) is 15.1 Å². The van der Waals surface area contributed by atoms with E-state index in [0.717, 1.165) is 0 Å². The average molecular weight is 467 g/mol. The minimum absolute atomic E-state index is 0.0760. The first-order chi connectivity index (χ1) is 14.4. The molecule has 0 saturated heterocycles. The van der Waals surface area contributed by atoms with E-state index in [1.165, 1.54) is 23.5 Å². The van der Waals surface area contributed by atoms with Crippen molar-refractivity contribution in [3.05, 3.63) is 69.3 Å². The Kier molecular flexibility index (Phi) is 7.31. The minimum Gasteiger partial charge on any atom is -0.462 e. The van der Waals surface area contributed by atoms with E-state index in [1.807, 2.05) is 0 Å². The van der Waals surface area contributed by atoms with E-state index >= 15 is 0 Å². The normalized spacial score (nSPS) is 10.5. The fourth-order valence-corrected chi connectivity index (χ4v) is 4.13. The van der Waals surface area contributed by atoms with Gasteiger partial charge >= 0.3 is 5.97 Å². The van der Waals surface area contributed by atoms with Gasteiger partial charge in [0.15, 0.2) is 0 Å². The van der Waals surface area contributed by atoms with Crippen LogP contribution in [0.3, 0.4) is 0 Å². The van der Waals surface area contributed by atoms with Crippen LogP contribution in [0.15, 0.2) is 47.8 Å². The van der Waals surface area contributed by atoms with Crippen molar-refractivity contribution in [1.29, 1.82) is 0 Å². The number of ether oxygens (including phenoxy) is 1. The van der Waals surface area contributed by atoms with Crippen LogP contribution < -0.4 is 10.6 Å². The molecule has 30 heavy (non-hydrogen) atoms. The molecule has 0 fully saturated rings. The van der Waals surface area contributed by atoms with E-state index in [-0.39, 0.29) is 30.4 Å². The number of benzene rings is 2. The largest absolute Gasteiger partial charge is 0.462 e. The van der Waals surface area contributed by atoms with Gasteiger partial charge < -0.3 is 15.4 Å². The Morgan fingerprint density at radius 2 is 1.87 bits per heavy atom. The molecule has 0 aliphatic heterocycles. The SMILES string of the molecule is CCOC(=O)c1c(-c2ccc(F)cc2)csc1NC(=O)CNc1ccc(Cl)cc1Cl. The molecule has 1 amide bonds. The lowest BCUT2D eigenvalue weighted by Crippen LogP contribution is -2.22. The van der Waals surface area contributed by atoms with Gasteiger partial charge in [-0.3, -0.25) is 4.79 Å². The van der Waals surface area contributed by atoms with Gasteiger partial charge in [-0.25, -0.2) is 9.18 Å². The van der Waals surface area contributed by atoms with Crippen LogP contribution in [0.1, 0.15) is 17.3 Å². The molecular weight excluding hydrogens is 450 g/mol. The van der Waals surface area contributed by atoms with Gasteiger partial charge in [-0.1, -0.05) is 35.3 Å². The Morgan fingerprint density at radius 3 is 2.53 bits per heavy atom. The van der Waals surface area contributed by atoms with Gasteiger partial charge in [0.1, 0.15) is 16.4 Å². The predicted octanol–water partition coefficient (Wildman–Crippen LogP) is 6.09. The van der Waals surface area contributed by atoms with Crippen molar-refractivity contribution in [3.8, 4) is 11.1 Å². The molecule has 0 bridgehead atoms. The van der Waals surface area contributed by atoms with Crippen molar-refractivity contribution in [2.75, 3.05) is 23.8 Å². The summed E-state index contributed by atoms with van der Waals surface area (Å²) in [4.78, 5) is 25.0. The molecule has 0 unspecified atom stereocenters. The molecule has 1 aromatic heterocycles. The van der Waals surface area contributed by atoms with Gasteiger partial charge in [-0.15, -0.1) is 11.3 Å². The molecule has 2 N–H and O–H groups in total. The monoisotopic (exact) mass is 466 g/mol. The third kappa shape index (κ3) is 5.30. The maximum absolute atomic E-state index is 13.3. The highest BCUT2D eigenvalue weighted by Crippen LogP contribution is 2.36. The Bertz CT molecular complexity index is 1070. The molecule has 5 nitrogen and oxygen atoms in total. The Hall–Kier alpha value is -2.61. The fourth-order valence-electron chi connectivity index (χ4n) is 2.68. The summed E-state index contributed by atoms with van der Waals surface area (Å²) in [6, 6.07) is 10.6. The topological polar surface area (TPSA) is 67.4 Å². The number of esters is 1. The molecule has 1 heterocycles. The number of hydrogen-bond acceptors (Lipinski definition) is 5. The molecule has 0 aliphatic rings. The van der Waals surface area contributed by atoms with Crippen molar-refractivity contribution < 1.29 is 18.7 Å². The lowest BCUT2D eigenvalue weighted by molar-refractivity contribution is -0.114. The van der Waals surface area contributed by atoms with E-state index in [1.54, 1.807) is 42.6 Å². The van der Waals surface area contributed by atoms with Gasteiger partial charge in [0.2, 0.25) is 5.91 Å². The third-order valence-electron chi connectivity index (χ3n) is 4.05. The van der Waals surface area contributed by atoms with Crippen LogP contribution in [0, 0.1) is 5.82 Å². The average Bonchev–Trinajstić information content (AvgIpc) is 3.11. The highest BCUT2D eigenvalue weighted by molar-refractivity contribution is 7.15. The zero-order valence-electron chi connectivity index (χ0n) is 15.8. The number of halogens is 3. The van der Waals surface area contributed by atoms with Gasteiger partial charge in [0.05, 0.1) is 23.9 Å². The number of thiophene rings is 1. The summed E-state index contributed by atoms with van der Waals surface area (Å²) in [5, 5.41) is 8.59. The van der Waals surface area contributed by atoms with E-state index in [0.29, 0.717) is 31.9 Å². The number of amides is 1. The molecule has 0 spiro atoms. The molecule has 3 rings (SSSR count). The van der Waals surface area contributed by atoms with Crippen LogP contribution in [0.2, 0.25) is 10.0 Å². The van der Waals surface area contributed by atoms with Crippen molar-refractivity contribution in [2.24, 2.45) is 0 Å². The summed E-state index contributed by atoms with van der Waals surface area (Å²) in [5.41, 5.74) is 1.98. The lowest BCUT2D eigenvalue weighted by Gasteiger charge is -2.11. The van der Waals surface area contributed by atoms with Gasteiger partial charge in [-0.2, -0.15) is 0 Å². The number of hydrogen-bond donors (Lipinski definition) is 2. The maximum atomic E-state index is 13.3. The van der Waals surface area contributed by atoms with Crippen LogP contribution in [-0.2, 0) is 9.53 Å². The van der Waals surface area contributed by atoms with Gasteiger partial charge in [0, 0.05) is 16.0 Å². The van der Waals surface area contributed by atoms with E-state index in [4.69, 9.17) is 27.9 Å². The van der Waals surface area contributed by atoms with Crippen molar-refractivity contribution in [2.45, 2.75) is 6.92 Å². The number of carbonyl (C=O) groups excluding carboxylic acids is 2. The van der Waals surface area contributed by atoms with Crippen LogP contribution in [0.5, 0.6) is 0 Å². The zero-order valence-corrected chi connectivity index (χ0v) is 18.1. The fraction of sp³-hybridized carbons (Fsp3) is 0.143. The number of carbonyl (C=O) groups is 2. The molecule has 3 aromatic rings. The molecular formula is C21H17Cl2FN2O3S. The number of anilines is 2. The Balaban J connectivity index is 1.79. The second kappa shape index (κ2) is 9.93. The van der Waals surface area contributed by atoms with E-state index < -0.39 is 5.97 Å². The van der Waals surface area contributed by atoms with Crippen LogP contribution in [-0.4, -0.2) is 25.0 Å². The Labute approximate surface area is 186 Å². The smallest absolute Gasteiger partial charge is 0.341 e. The summed E-state index contributed by atoms with van der Waals surface area (Å²) in [6.07, 6.45) is 0. The minimum atomic E-state index is -0.568. The van der Waals surface area contributed by atoms with E-state index in [9.17, 15) is 14.0 Å². The molecule has 0 saturated carbocycles. The van der Waals surface area contributed by atoms with E-state index in [2.05, 4.69) is 10.6 Å². The van der Waals surface area contributed by atoms with Gasteiger partial charge in [0.25, 0.3) is 0 Å². The van der Waals surface area contributed by atoms with Crippen molar-refractivity contribution in [3.63, 3.8) is 0 Å². The zero-order chi connectivity index (χ0) is 21.7. The standard InChI is InChI=1S/C21H17Cl2FN2O3S/c1-2-29-21(28)19-15(12-3-6-14(24)7-4-12)11-30-20(19)26-18(27)10-25-17-8-5-13(22)9-16(17)23/h3-9,11,25H,2,10H2,1H3,(H,26,27). The lowest BCUT2D eigenvalue weighted by atomic mass is 10.0. The maximum Gasteiger partial charge on any atom is 0.341 e. The molecule has 0 radical (unpaired) electrons. The molecule has 156 valence electrons. The summed E-state index contributed by atoms with van der Waals surface area (Å²) >= 11 is 13.1. The second-order valence-corrected chi connectivity index (χ2v) is 7.83. The summed E-state index contributed by atoms with van der Waals surface area (Å²) < 4.78 is 18.4. The number of rotatable bonds is 7. The summed E-state index contributed by atoms with van der Waals surface area (Å²) in [6.45, 7) is 1.80.